The predicted molar refractivity (Wildman–Crippen MR) is 148 cm³/mol. The molecule has 1 aromatic carbocycles. The highest BCUT2D eigenvalue weighted by Crippen LogP contribution is 2.37. The van der Waals surface area contributed by atoms with Crippen LogP contribution in [0, 0.1) is 5.92 Å². The first-order chi connectivity index (χ1) is 19.0. The van der Waals surface area contributed by atoms with Crippen LogP contribution in [0.4, 0.5) is 17.2 Å². The van der Waals surface area contributed by atoms with E-state index in [-0.39, 0.29) is 11.9 Å². The van der Waals surface area contributed by atoms with Crippen LogP contribution in [-0.2, 0) is 14.8 Å². The zero-order valence-corrected chi connectivity index (χ0v) is 22.6. The predicted octanol–water partition coefficient (Wildman–Crippen LogP) is 3.14. The number of pyridine rings is 1. The van der Waals surface area contributed by atoms with Gasteiger partial charge in [0.1, 0.15) is 5.82 Å². The number of aliphatic hydroxyl groups excluding tert-OH is 1. The van der Waals surface area contributed by atoms with Gasteiger partial charge in [-0.25, -0.2) is 13.4 Å². The second-order valence-corrected chi connectivity index (χ2v) is 12.3. The van der Waals surface area contributed by atoms with Crippen molar-refractivity contribution in [2.75, 3.05) is 59.7 Å². The molecule has 5 aliphatic rings. The van der Waals surface area contributed by atoms with Gasteiger partial charge in [0.15, 0.2) is 0 Å². The van der Waals surface area contributed by atoms with E-state index in [2.05, 4.69) is 29.7 Å². The van der Waals surface area contributed by atoms with E-state index in [0.29, 0.717) is 23.4 Å². The topological polar surface area (TPSA) is 134 Å². The maximum absolute atomic E-state index is 12.3. The molecule has 11 nitrogen and oxygen atoms in total. The molecule has 0 amide bonds. The van der Waals surface area contributed by atoms with Crippen molar-refractivity contribution in [1.29, 1.82) is 0 Å². The van der Waals surface area contributed by atoms with Crippen molar-refractivity contribution in [1.82, 2.24) is 15.2 Å². The van der Waals surface area contributed by atoms with Crippen molar-refractivity contribution in [3.8, 4) is 22.9 Å². The Morgan fingerprint density at radius 1 is 0.949 bits per heavy atom. The molecule has 39 heavy (non-hydrogen) atoms. The molecule has 8 rings (SSSR count). The molecule has 8 bridgehead atoms. The fraction of sp³-hybridized carbons (Fsp3) is 0.519. The maximum Gasteiger partial charge on any atom is 0.250 e. The lowest BCUT2D eigenvalue weighted by Crippen LogP contribution is -2.38. The normalized spacial score (nSPS) is 21.7. The second-order valence-electron chi connectivity index (χ2n) is 10.5. The number of fused-ring (bicyclic) bond motifs is 2. The molecule has 0 spiro atoms. The summed E-state index contributed by atoms with van der Waals surface area (Å²) in [6, 6.07) is 9.15. The van der Waals surface area contributed by atoms with Crippen molar-refractivity contribution in [3.05, 3.63) is 36.5 Å². The summed E-state index contributed by atoms with van der Waals surface area (Å²) >= 11 is 0. The lowest BCUT2D eigenvalue weighted by Gasteiger charge is -2.35. The summed E-state index contributed by atoms with van der Waals surface area (Å²) in [5.41, 5.74) is 2.77. The Kier molecular flexibility index (Phi) is 7.41. The van der Waals surface area contributed by atoms with Crippen LogP contribution in [0.1, 0.15) is 32.1 Å². The van der Waals surface area contributed by atoms with Crippen molar-refractivity contribution < 1.29 is 22.7 Å². The number of rotatable bonds is 4. The first kappa shape index (κ1) is 26.0. The molecule has 2 fully saturated rings. The third kappa shape index (κ3) is 5.87. The number of piperidine rings is 2. The number of anilines is 3. The summed E-state index contributed by atoms with van der Waals surface area (Å²) < 4.78 is 39.7. The summed E-state index contributed by atoms with van der Waals surface area (Å²) in [4.78, 5) is 9.14. The van der Waals surface area contributed by atoms with E-state index >= 15 is 0 Å². The minimum atomic E-state index is -3.67. The van der Waals surface area contributed by atoms with Gasteiger partial charge in [-0.15, -0.1) is 10.2 Å². The molecule has 2 saturated heterocycles. The SMILES string of the molecule is O=S(=O)(CCO)Nc1ccc2c(c1)N1CCC(CC1)OCCC1CCN(CC1)c1cc(ccn1)-c1nnc-2o1. The first-order valence-corrected chi connectivity index (χ1v) is 15.3. The van der Waals surface area contributed by atoms with Gasteiger partial charge >= 0.3 is 0 Å². The van der Waals surface area contributed by atoms with Crippen molar-refractivity contribution >= 4 is 27.2 Å². The standard InChI is InChI=1S/C27H34N6O5S/c34-14-16-39(35,36)31-21-1-2-23-24(18-21)32-12-6-22(7-13-32)37-15-8-19-4-10-33(11-5-19)25-17-20(3-9-28-25)26-29-30-27(23)38-26/h1-3,9,17-19,22,31,34H,4-8,10-16H2. The number of aliphatic hydroxyl groups is 1. The third-order valence-electron chi connectivity index (χ3n) is 7.88. The van der Waals surface area contributed by atoms with Crippen LogP contribution in [0.25, 0.3) is 22.9 Å². The van der Waals surface area contributed by atoms with Crippen LogP contribution in [-0.4, -0.2) is 80.0 Å². The average Bonchev–Trinajstić information content (AvgIpc) is 3.43. The number of nitrogens with zero attached hydrogens (tertiary/aromatic N) is 5. The Bertz CT molecular complexity index is 1400. The highest BCUT2D eigenvalue weighted by molar-refractivity contribution is 7.92. The van der Waals surface area contributed by atoms with Gasteiger partial charge in [-0.1, -0.05) is 0 Å². The molecule has 0 aliphatic carbocycles. The minimum absolute atomic E-state index is 0.207. The maximum atomic E-state index is 12.3. The highest BCUT2D eigenvalue weighted by Gasteiger charge is 2.26. The van der Waals surface area contributed by atoms with Crippen LogP contribution in [0.5, 0.6) is 0 Å². The molecule has 2 N–H and O–H groups in total. The number of benzene rings is 1. The van der Waals surface area contributed by atoms with Crippen molar-refractivity contribution in [2.45, 2.75) is 38.2 Å². The van der Waals surface area contributed by atoms with E-state index in [1.807, 2.05) is 12.1 Å². The van der Waals surface area contributed by atoms with Gasteiger partial charge in [0.2, 0.25) is 21.8 Å². The van der Waals surface area contributed by atoms with E-state index in [9.17, 15) is 8.42 Å². The van der Waals surface area contributed by atoms with Gasteiger partial charge in [-0.3, -0.25) is 4.72 Å². The Labute approximate surface area is 228 Å². The highest BCUT2D eigenvalue weighted by atomic mass is 32.2. The van der Waals surface area contributed by atoms with Crippen LogP contribution in [0.15, 0.2) is 40.9 Å². The Hall–Kier alpha value is -3.22. The largest absolute Gasteiger partial charge is 0.416 e. The van der Waals surface area contributed by atoms with E-state index < -0.39 is 16.6 Å². The molecular weight excluding hydrogens is 520 g/mol. The van der Waals surface area contributed by atoms with Gasteiger partial charge < -0.3 is 24.1 Å². The summed E-state index contributed by atoms with van der Waals surface area (Å²) in [6.07, 6.45) is 7.07. The van der Waals surface area contributed by atoms with E-state index in [0.717, 1.165) is 87.5 Å². The summed E-state index contributed by atoms with van der Waals surface area (Å²) in [6.45, 7) is 3.78. The van der Waals surface area contributed by atoms with Crippen molar-refractivity contribution in [3.63, 3.8) is 0 Å². The molecule has 208 valence electrons. The van der Waals surface area contributed by atoms with E-state index in [1.165, 1.54) is 0 Å². The molecule has 7 heterocycles. The minimum Gasteiger partial charge on any atom is -0.416 e. The lowest BCUT2D eigenvalue weighted by atomic mass is 9.94. The molecule has 0 saturated carbocycles. The number of nitrogens with one attached hydrogen (secondary N) is 1. The molecule has 2 aromatic heterocycles. The monoisotopic (exact) mass is 554 g/mol. The molecule has 0 radical (unpaired) electrons. The number of ether oxygens (including phenoxy) is 1. The molecule has 0 atom stereocenters. The van der Waals surface area contributed by atoms with Gasteiger partial charge in [0.05, 0.1) is 35.4 Å². The van der Waals surface area contributed by atoms with Crippen LogP contribution >= 0.6 is 0 Å². The molecule has 5 aliphatic heterocycles. The van der Waals surface area contributed by atoms with Gasteiger partial charge in [0.25, 0.3) is 0 Å². The van der Waals surface area contributed by atoms with Crippen LogP contribution in [0.2, 0.25) is 0 Å². The van der Waals surface area contributed by atoms with Crippen LogP contribution < -0.4 is 14.5 Å². The fourth-order valence-electron chi connectivity index (χ4n) is 5.68. The molecule has 12 heteroatoms. The zero-order chi connectivity index (χ0) is 26.8. The number of sulfonamides is 1. The van der Waals surface area contributed by atoms with Gasteiger partial charge in [-0.05, 0) is 68.4 Å². The number of hydrogen-bond acceptors (Lipinski definition) is 10. The number of aromatic nitrogens is 3. The lowest BCUT2D eigenvalue weighted by molar-refractivity contribution is 0.0279. The molecule has 3 aromatic rings. The molecular formula is C27H34N6O5S. The van der Waals surface area contributed by atoms with Gasteiger partial charge in [0, 0.05) is 44.5 Å². The average molecular weight is 555 g/mol. The summed E-state index contributed by atoms with van der Waals surface area (Å²) in [7, 11) is -3.67. The Balaban J connectivity index is 1.37. The first-order valence-electron chi connectivity index (χ1n) is 13.6. The summed E-state index contributed by atoms with van der Waals surface area (Å²) in [5.74, 6) is 1.97. The van der Waals surface area contributed by atoms with E-state index in [4.69, 9.17) is 14.3 Å². The quantitative estimate of drug-likeness (QED) is 0.495. The second kappa shape index (κ2) is 11.1. The Morgan fingerprint density at radius 2 is 1.72 bits per heavy atom. The van der Waals surface area contributed by atoms with E-state index in [1.54, 1.807) is 24.4 Å². The van der Waals surface area contributed by atoms with Gasteiger partial charge in [-0.2, -0.15) is 0 Å². The smallest absolute Gasteiger partial charge is 0.250 e. The molecule has 0 unspecified atom stereocenters. The van der Waals surface area contributed by atoms with Crippen molar-refractivity contribution in [2.24, 2.45) is 5.92 Å². The number of hydrogen-bond donors (Lipinski definition) is 2. The fourth-order valence-corrected chi connectivity index (χ4v) is 6.51. The third-order valence-corrected chi connectivity index (χ3v) is 9.15. The van der Waals surface area contributed by atoms with Crippen LogP contribution in [0.3, 0.4) is 0 Å². The zero-order valence-electron chi connectivity index (χ0n) is 21.8. The summed E-state index contributed by atoms with van der Waals surface area (Å²) in [5, 5.41) is 17.8. The Morgan fingerprint density at radius 3 is 2.51 bits per heavy atom.